The van der Waals surface area contributed by atoms with Crippen LogP contribution in [0.15, 0.2) is 11.6 Å². The molecule has 0 aromatic heterocycles. The minimum absolute atomic E-state index is 0.00145. The summed E-state index contributed by atoms with van der Waals surface area (Å²) in [4.78, 5) is 57.1. The van der Waals surface area contributed by atoms with Gasteiger partial charge in [-0.2, -0.15) is 0 Å². The first kappa shape index (κ1) is 90.5. The summed E-state index contributed by atoms with van der Waals surface area (Å²) < 4.78 is 78.4. The quantitative estimate of drug-likeness (QED) is 0.0166. The molecule has 0 spiro atoms. The number of carbonyl (C=O) groups is 4. The summed E-state index contributed by atoms with van der Waals surface area (Å²) in [6.45, 7) is 10.8. The molecule has 5 aliphatic carbocycles. The average molecular weight is 1620 g/mol. The molecule has 0 aromatic rings. The van der Waals surface area contributed by atoms with Crippen molar-refractivity contribution in [2.45, 2.75) is 361 Å². The molecule has 35 heteroatoms. The highest BCUT2D eigenvalue weighted by Crippen LogP contribution is 2.76. The number of Topliss-reactive ketones (excluding diaryl/α,β-unsaturated/α-hetero) is 1. The number of ether oxygens (including phenoxy) is 13. The monoisotopic (exact) mass is 1620 g/mol. The number of carbonyl (C=O) groups excluding carboxylic acids is 3. The van der Waals surface area contributed by atoms with Crippen molar-refractivity contribution in [3.8, 4) is 0 Å². The van der Waals surface area contributed by atoms with E-state index in [2.05, 4.69) is 33.8 Å². The van der Waals surface area contributed by atoms with Gasteiger partial charge in [-0.15, -0.1) is 0 Å². The second-order valence-corrected chi connectivity index (χ2v) is 35.7. The van der Waals surface area contributed by atoms with Crippen molar-refractivity contribution in [1.82, 2.24) is 0 Å². The number of aliphatic hydroxyl groups excluding tert-OH is 17. The molecule has 18 N–H and O–H groups in total. The molecular formula is C78H126O35. The maximum Gasteiger partial charge on any atom is 0.317 e. The lowest BCUT2D eigenvalue weighted by Gasteiger charge is -2.71. The summed E-state index contributed by atoms with van der Waals surface area (Å²) in [5, 5.41) is 198. The molecule has 37 atom stereocenters. The zero-order chi connectivity index (χ0) is 82.4. The molecule has 6 aliphatic heterocycles. The number of aliphatic hydroxyl groups is 17. The van der Waals surface area contributed by atoms with Crippen molar-refractivity contribution in [2.75, 3.05) is 39.6 Å². The van der Waals surface area contributed by atoms with E-state index >= 15 is 4.79 Å². The maximum atomic E-state index is 16.3. The highest BCUT2D eigenvalue weighted by atomic mass is 16.8. The number of carboxylic acids is 1. The average Bonchev–Trinajstić information content (AvgIpc) is 0.667. The SMILES string of the molecule is C[C@@H]1O[C@@H](O[C@H]2[C@H](OC(=O)[C@]34CCC(C)(C)C[C@H]3C3=CC[C@@H]5[C@@]6(C)C[C@H](O)[C@H](O[C@@H]7O[C@H](CO)[C@@H](O)[C@H](O)[C@H]7O)[C@@](C)(C(=O)O)[C@@H]6CC[C@@]5(C)[C@]3(C)C[C@H]4O)OC[C@H](OC(=O)CCCCCCCCC(=O)CCCCCCO[C@@H]3OC[C@@H](O)[C@H](O)[C@H]3O)[C@@H]2O[C@@H]2OC[C@H](O)[C@H](O)[C@H]2O)[C@H](O)[C@H](O)[C@H]1O[C@@H]1OC[C@@H](O)[C@H](O)[C@H]1O. The zero-order valence-corrected chi connectivity index (χ0v) is 65.6. The van der Waals surface area contributed by atoms with Gasteiger partial charge in [0.2, 0.25) is 6.29 Å². The molecule has 0 radical (unpaired) electrons. The van der Waals surface area contributed by atoms with Crippen LogP contribution in [0.3, 0.4) is 0 Å². The molecule has 10 fully saturated rings. The van der Waals surface area contributed by atoms with Crippen molar-refractivity contribution in [3.05, 3.63) is 11.6 Å². The largest absolute Gasteiger partial charge is 0.481 e. The molecular weight excluding hydrogens is 1500 g/mol. The lowest BCUT2D eigenvalue weighted by molar-refractivity contribution is -0.382. The predicted molar refractivity (Wildman–Crippen MR) is 383 cm³/mol. The number of carboxylic acid groups (broad SMARTS) is 1. The molecule has 0 bridgehead atoms. The fraction of sp³-hybridized carbons (Fsp3) is 0.923. The van der Waals surface area contributed by atoms with Crippen LogP contribution in [-0.4, -0.2) is 333 Å². The van der Waals surface area contributed by atoms with E-state index < -0.39 is 267 Å². The van der Waals surface area contributed by atoms with Gasteiger partial charge in [0, 0.05) is 25.9 Å². The van der Waals surface area contributed by atoms with E-state index in [1.54, 1.807) is 0 Å². The summed E-state index contributed by atoms with van der Waals surface area (Å²) in [5.74, 6) is -4.72. The van der Waals surface area contributed by atoms with Crippen molar-refractivity contribution >= 4 is 23.7 Å². The molecule has 4 saturated carbocycles. The number of unbranched alkanes of at least 4 members (excludes halogenated alkanes) is 8. The third kappa shape index (κ3) is 18.1. The molecule has 11 rings (SSSR count). The Hall–Kier alpha value is -3.30. The first-order chi connectivity index (χ1) is 53.3. The van der Waals surface area contributed by atoms with E-state index in [1.165, 1.54) is 13.8 Å². The number of hydrogen-bond donors (Lipinski definition) is 18. The number of esters is 2. The number of aliphatic carboxylic acids is 1. The highest BCUT2D eigenvalue weighted by Gasteiger charge is 2.75. The van der Waals surface area contributed by atoms with E-state index in [-0.39, 0.29) is 57.0 Å². The topological polar surface area (TPSA) is 552 Å². The molecule has 0 aromatic carbocycles. The van der Waals surface area contributed by atoms with Crippen LogP contribution in [0.4, 0.5) is 0 Å². The Kier molecular flexibility index (Phi) is 29.6. The van der Waals surface area contributed by atoms with E-state index in [0.29, 0.717) is 77.0 Å². The van der Waals surface area contributed by atoms with Crippen LogP contribution in [0.1, 0.15) is 183 Å². The van der Waals surface area contributed by atoms with Gasteiger partial charge in [0.1, 0.15) is 121 Å². The van der Waals surface area contributed by atoms with E-state index in [0.717, 1.165) is 31.3 Å². The van der Waals surface area contributed by atoms with Crippen LogP contribution in [0, 0.1) is 50.2 Å². The number of hydrogen-bond acceptors (Lipinski definition) is 34. The number of allylic oxidation sites excluding steroid dienone is 2. The van der Waals surface area contributed by atoms with Crippen LogP contribution in [0.25, 0.3) is 0 Å². The summed E-state index contributed by atoms with van der Waals surface area (Å²) in [7, 11) is 0. The molecule has 6 saturated heterocycles. The Balaban J connectivity index is 0.807. The fourth-order valence-corrected chi connectivity index (χ4v) is 20.9. The third-order valence-electron chi connectivity index (χ3n) is 27.9. The Morgan fingerprint density at radius 3 is 1.61 bits per heavy atom. The molecule has 113 heavy (non-hydrogen) atoms. The standard InChI is InChI=1S/C78H126O35/c1-36-61(109-66-57(94)51(88)42(83)33-103-66)55(92)60(97)68(106-36)111-63-62(110-67-58(95)52(89)43(84)34-104-67)45(107-49(86)20-16-11-9-8-10-14-18-37(80)19-15-12-13-17-27-101-65-56(93)50(87)41(82)32-102-65)35-105-70(63)113-72(100)78-26-25-73(2,3)28-39(78)38-21-22-46-74(4)29-40(81)64(112-69-59(96)54(91)53(90)44(31-79)108-69)77(7,71(98)99)47(74)23-24-75(46,5)76(38,6)30-48(78)85/h21,36,39-48,50-70,79,81-85,87-97H,8-20,22-35H2,1-7H3,(H,98,99)/t36-,39-,40-,41+,42+,43-,44+,45-,46+,47+,48+,50-,51-,52-,53+,54-,55-,56+,57+,58+,59+,60+,61-,62-,63+,64-,65+,66-,67-,68-,69-,70-,74+,75+,76+,77-,78+/m0/s1. The van der Waals surface area contributed by atoms with Gasteiger partial charge in [0.25, 0.3) is 0 Å². The van der Waals surface area contributed by atoms with E-state index in [9.17, 15) is 106 Å². The molecule has 648 valence electrons. The van der Waals surface area contributed by atoms with Gasteiger partial charge >= 0.3 is 17.9 Å². The van der Waals surface area contributed by atoms with Gasteiger partial charge < -0.3 is 153 Å². The maximum absolute atomic E-state index is 16.3. The smallest absolute Gasteiger partial charge is 0.317 e. The molecule has 11 aliphatic rings. The van der Waals surface area contributed by atoms with Crippen molar-refractivity contribution in [2.24, 2.45) is 50.2 Å². The number of fused-ring (bicyclic) bond motifs is 7. The lowest BCUT2D eigenvalue weighted by atomic mass is 9.33. The van der Waals surface area contributed by atoms with E-state index in [4.69, 9.17) is 61.6 Å². The molecule has 0 amide bonds. The lowest BCUT2D eigenvalue weighted by Crippen LogP contribution is -2.71. The van der Waals surface area contributed by atoms with Gasteiger partial charge in [-0.1, -0.05) is 84.8 Å². The highest BCUT2D eigenvalue weighted by molar-refractivity contribution is 5.80. The fourth-order valence-electron chi connectivity index (χ4n) is 20.9. The summed E-state index contributed by atoms with van der Waals surface area (Å²) in [6, 6.07) is 0. The summed E-state index contributed by atoms with van der Waals surface area (Å²) >= 11 is 0. The van der Waals surface area contributed by atoms with E-state index in [1.807, 2.05) is 6.92 Å². The number of ketones is 1. The Morgan fingerprint density at radius 2 is 1.01 bits per heavy atom. The second-order valence-electron chi connectivity index (χ2n) is 35.7. The first-order valence-corrected chi connectivity index (χ1v) is 40.7. The minimum Gasteiger partial charge on any atom is -0.481 e. The van der Waals surface area contributed by atoms with Gasteiger partial charge in [0.15, 0.2) is 43.7 Å². The van der Waals surface area contributed by atoms with Crippen LogP contribution >= 0.6 is 0 Å². The Bertz CT molecular complexity index is 3200. The molecule has 6 heterocycles. The summed E-state index contributed by atoms with van der Waals surface area (Å²) in [5.41, 5.74) is -5.88. The van der Waals surface area contributed by atoms with Crippen molar-refractivity contribution in [1.29, 1.82) is 0 Å². The third-order valence-corrected chi connectivity index (χ3v) is 27.9. The van der Waals surface area contributed by atoms with Gasteiger partial charge in [-0.3, -0.25) is 19.2 Å². The Labute approximate surface area is 657 Å². The predicted octanol–water partition coefficient (Wildman–Crippen LogP) is -1.61. The van der Waals surface area contributed by atoms with Crippen molar-refractivity contribution in [3.63, 3.8) is 0 Å². The summed E-state index contributed by atoms with van der Waals surface area (Å²) in [6.07, 6.45) is -36.7. The molecule has 35 nitrogen and oxygen atoms in total. The normalized spacial score (nSPS) is 47.8. The van der Waals surface area contributed by atoms with Gasteiger partial charge in [-0.25, -0.2) is 0 Å². The zero-order valence-electron chi connectivity index (χ0n) is 65.6. The van der Waals surface area contributed by atoms with Crippen LogP contribution < -0.4 is 0 Å². The Morgan fingerprint density at radius 1 is 0.487 bits per heavy atom. The van der Waals surface area contributed by atoms with Crippen LogP contribution in [0.2, 0.25) is 0 Å². The first-order valence-electron chi connectivity index (χ1n) is 40.7. The van der Waals surface area contributed by atoms with Gasteiger partial charge in [0.05, 0.1) is 56.8 Å². The minimum atomic E-state index is -2.10. The number of rotatable bonds is 30. The second kappa shape index (κ2) is 37.0. The van der Waals surface area contributed by atoms with Crippen LogP contribution in [-0.2, 0) is 80.8 Å². The van der Waals surface area contributed by atoms with Crippen LogP contribution in [0.5, 0.6) is 0 Å². The molecule has 0 unspecified atom stereocenters. The van der Waals surface area contributed by atoms with Crippen molar-refractivity contribution < 1.29 is 173 Å². The van der Waals surface area contributed by atoms with Gasteiger partial charge in [-0.05, 0) is 130 Å².